The zero-order valence-corrected chi connectivity index (χ0v) is 10.8. The van der Waals surface area contributed by atoms with Crippen molar-refractivity contribution in [2.24, 2.45) is 0 Å². The Bertz CT molecular complexity index is 413. The third-order valence-corrected chi connectivity index (χ3v) is 3.11. The van der Waals surface area contributed by atoms with Gasteiger partial charge in [-0.25, -0.2) is 4.79 Å². The number of aliphatic carboxylic acids is 1. The Morgan fingerprint density at radius 2 is 2.29 bits per heavy atom. The van der Waals surface area contributed by atoms with Crippen LogP contribution in [0.3, 0.4) is 0 Å². The molecule has 3 nitrogen and oxygen atoms in total. The summed E-state index contributed by atoms with van der Waals surface area (Å²) in [6, 6.07) is 5.67. The van der Waals surface area contributed by atoms with Crippen molar-refractivity contribution in [3.63, 3.8) is 0 Å². The normalized spacial score (nSPS) is 10.7. The summed E-state index contributed by atoms with van der Waals surface area (Å²) >= 11 is 1.80. The maximum absolute atomic E-state index is 10.4. The third kappa shape index (κ3) is 4.53. The average molecular weight is 252 g/mol. The highest BCUT2D eigenvalue weighted by Crippen LogP contribution is 2.24. The standard InChI is InChI=1S/C13H16O3S/c1-3-17-9-11-8-10(5-7-13(14)15)4-6-12(11)16-2/h4-8H,3,9H2,1-2H3,(H,14,15). The maximum Gasteiger partial charge on any atom is 0.328 e. The van der Waals surface area contributed by atoms with Crippen molar-refractivity contribution in [3.8, 4) is 5.75 Å². The van der Waals surface area contributed by atoms with Crippen LogP contribution in [-0.2, 0) is 10.5 Å². The van der Waals surface area contributed by atoms with Gasteiger partial charge in [-0.3, -0.25) is 0 Å². The Labute approximate surface area is 105 Å². The van der Waals surface area contributed by atoms with E-state index < -0.39 is 5.97 Å². The summed E-state index contributed by atoms with van der Waals surface area (Å²) in [5.74, 6) is 1.82. The fourth-order valence-electron chi connectivity index (χ4n) is 1.39. The van der Waals surface area contributed by atoms with Gasteiger partial charge in [-0.05, 0) is 29.5 Å². The van der Waals surface area contributed by atoms with E-state index in [4.69, 9.17) is 9.84 Å². The molecule has 0 aliphatic heterocycles. The summed E-state index contributed by atoms with van der Waals surface area (Å²) in [5, 5.41) is 8.57. The van der Waals surface area contributed by atoms with E-state index in [0.717, 1.165) is 34.5 Å². The summed E-state index contributed by atoms with van der Waals surface area (Å²) in [6.07, 6.45) is 2.72. The number of carboxylic acid groups (broad SMARTS) is 1. The van der Waals surface area contributed by atoms with Gasteiger partial charge in [0.2, 0.25) is 0 Å². The first kappa shape index (κ1) is 13.6. The molecule has 0 fully saturated rings. The molecule has 0 amide bonds. The lowest BCUT2D eigenvalue weighted by Gasteiger charge is -2.08. The van der Waals surface area contributed by atoms with Crippen LogP contribution in [0.1, 0.15) is 18.1 Å². The van der Waals surface area contributed by atoms with Gasteiger partial charge in [0.15, 0.2) is 0 Å². The zero-order valence-electron chi connectivity index (χ0n) is 9.97. The molecule has 0 saturated carbocycles. The van der Waals surface area contributed by atoms with E-state index in [9.17, 15) is 4.79 Å². The van der Waals surface area contributed by atoms with Gasteiger partial charge in [0.05, 0.1) is 7.11 Å². The van der Waals surface area contributed by atoms with Gasteiger partial charge in [0.1, 0.15) is 5.75 Å². The van der Waals surface area contributed by atoms with Crippen LogP contribution in [0.5, 0.6) is 5.75 Å². The summed E-state index contributed by atoms with van der Waals surface area (Å²) in [5.41, 5.74) is 1.96. The molecule has 1 aromatic carbocycles. The molecule has 1 N–H and O–H groups in total. The number of ether oxygens (including phenoxy) is 1. The molecule has 4 heteroatoms. The van der Waals surface area contributed by atoms with Gasteiger partial charge in [0.25, 0.3) is 0 Å². The first-order valence-corrected chi connectivity index (χ1v) is 6.48. The summed E-state index contributed by atoms with van der Waals surface area (Å²) in [4.78, 5) is 10.4. The van der Waals surface area contributed by atoms with E-state index in [1.165, 1.54) is 0 Å². The van der Waals surface area contributed by atoms with E-state index in [2.05, 4.69) is 6.92 Å². The zero-order chi connectivity index (χ0) is 12.7. The molecule has 0 saturated heterocycles. The first-order valence-electron chi connectivity index (χ1n) is 5.33. The van der Waals surface area contributed by atoms with E-state index in [-0.39, 0.29) is 0 Å². The molecule has 0 aromatic heterocycles. The lowest BCUT2D eigenvalue weighted by molar-refractivity contribution is -0.131. The lowest BCUT2D eigenvalue weighted by Crippen LogP contribution is -1.92. The monoisotopic (exact) mass is 252 g/mol. The van der Waals surface area contributed by atoms with Crippen molar-refractivity contribution in [2.75, 3.05) is 12.9 Å². The van der Waals surface area contributed by atoms with Crippen LogP contribution < -0.4 is 4.74 Å². The number of rotatable bonds is 6. The summed E-state index contributed by atoms with van der Waals surface area (Å²) in [7, 11) is 1.64. The minimum absolute atomic E-state index is 0.846. The Kier molecular flexibility index (Phi) is 5.63. The molecular weight excluding hydrogens is 236 g/mol. The van der Waals surface area contributed by atoms with Crippen molar-refractivity contribution in [3.05, 3.63) is 35.4 Å². The van der Waals surface area contributed by atoms with Crippen molar-refractivity contribution < 1.29 is 14.6 Å². The number of benzene rings is 1. The second-order valence-corrected chi connectivity index (χ2v) is 4.65. The molecule has 1 aromatic rings. The molecular formula is C13H16O3S. The van der Waals surface area contributed by atoms with Crippen molar-refractivity contribution in [2.45, 2.75) is 12.7 Å². The van der Waals surface area contributed by atoms with E-state index in [1.807, 2.05) is 18.2 Å². The fourth-order valence-corrected chi connectivity index (χ4v) is 2.04. The molecule has 92 valence electrons. The van der Waals surface area contributed by atoms with Crippen LogP contribution in [-0.4, -0.2) is 23.9 Å². The Morgan fingerprint density at radius 3 is 2.88 bits per heavy atom. The molecule has 17 heavy (non-hydrogen) atoms. The Morgan fingerprint density at radius 1 is 1.53 bits per heavy atom. The number of carboxylic acids is 1. The molecule has 0 bridgehead atoms. The number of thioether (sulfide) groups is 1. The van der Waals surface area contributed by atoms with Gasteiger partial charge < -0.3 is 9.84 Å². The smallest absolute Gasteiger partial charge is 0.328 e. The first-order chi connectivity index (χ1) is 8.17. The predicted molar refractivity (Wildman–Crippen MR) is 71.5 cm³/mol. The highest BCUT2D eigenvalue weighted by atomic mass is 32.2. The summed E-state index contributed by atoms with van der Waals surface area (Å²) in [6.45, 7) is 2.10. The van der Waals surface area contributed by atoms with E-state index in [0.29, 0.717) is 0 Å². The van der Waals surface area contributed by atoms with Crippen LogP contribution in [0.15, 0.2) is 24.3 Å². The SMILES string of the molecule is CCSCc1cc(C=CC(=O)O)ccc1OC. The van der Waals surface area contributed by atoms with Crippen LogP contribution in [0.4, 0.5) is 0 Å². The average Bonchev–Trinajstić information content (AvgIpc) is 2.33. The van der Waals surface area contributed by atoms with Crippen molar-refractivity contribution in [1.82, 2.24) is 0 Å². The molecule has 0 unspecified atom stereocenters. The van der Waals surface area contributed by atoms with Gasteiger partial charge in [-0.15, -0.1) is 0 Å². The second kappa shape index (κ2) is 7.01. The number of hydrogen-bond donors (Lipinski definition) is 1. The quantitative estimate of drug-likeness (QED) is 0.790. The summed E-state index contributed by atoms with van der Waals surface area (Å²) < 4.78 is 5.27. The maximum atomic E-state index is 10.4. The van der Waals surface area contributed by atoms with Gasteiger partial charge >= 0.3 is 5.97 Å². The van der Waals surface area contributed by atoms with E-state index >= 15 is 0 Å². The minimum Gasteiger partial charge on any atom is -0.496 e. The predicted octanol–water partition coefficient (Wildman–Crippen LogP) is 3.05. The lowest BCUT2D eigenvalue weighted by atomic mass is 10.1. The number of methoxy groups -OCH3 is 1. The minimum atomic E-state index is -0.940. The Hall–Kier alpha value is -1.42. The van der Waals surface area contributed by atoms with Gasteiger partial charge in [-0.2, -0.15) is 11.8 Å². The van der Waals surface area contributed by atoms with Crippen LogP contribution >= 0.6 is 11.8 Å². The topological polar surface area (TPSA) is 46.5 Å². The molecule has 0 heterocycles. The highest BCUT2D eigenvalue weighted by Gasteiger charge is 2.03. The van der Waals surface area contributed by atoms with Crippen molar-refractivity contribution in [1.29, 1.82) is 0 Å². The number of hydrogen-bond acceptors (Lipinski definition) is 3. The second-order valence-electron chi connectivity index (χ2n) is 3.38. The third-order valence-electron chi connectivity index (χ3n) is 2.18. The van der Waals surface area contributed by atoms with Crippen LogP contribution in [0, 0.1) is 0 Å². The fraction of sp³-hybridized carbons (Fsp3) is 0.308. The molecule has 0 aliphatic carbocycles. The largest absolute Gasteiger partial charge is 0.496 e. The van der Waals surface area contributed by atoms with Crippen LogP contribution in [0.25, 0.3) is 6.08 Å². The molecule has 0 spiro atoms. The van der Waals surface area contributed by atoms with Crippen LogP contribution in [0.2, 0.25) is 0 Å². The van der Waals surface area contributed by atoms with Gasteiger partial charge in [0, 0.05) is 17.4 Å². The molecule has 1 rings (SSSR count). The highest BCUT2D eigenvalue weighted by molar-refractivity contribution is 7.98. The molecule has 0 radical (unpaired) electrons. The Balaban J connectivity index is 2.91. The van der Waals surface area contributed by atoms with Gasteiger partial charge in [-0.1, -0.05) is 13.0 Å². The molecule has 0 atom stereocenters. The van der Waals surface area contributed by atoms with E-state index in [1.54, 1.807) is 24.9 Å². The molecule has 0 aliphatic rings. The number of carbonyl (C=O) groups is 1. The van der Waals surface area contributed by atoms with Crippen molar-refractivity contribution >= 4 is 23.8 Å².